The molecule has 184 valence electrons. The minimum absolute atomic E-state index is 0.0119. The lowest BCUT2D eigenvalue weighted by molar-refractivity contribution is 0.0325. The average molecular weight is 478 g/mol. The van der Waals surface area contributed by atoms with Crippen molar-refractivity contribution in [1.82, 2.24) is 14.8 Å². The Labute approximate surface area is 206 Å². The first kappa shape index (κ1) is 24.8. The Balaban J connectivity index is 1.65. The summed E-state index contributed by atoms with van der Waals surface area (Å²) < 4.78 is 19.8. The van der Waals surface area contributed by atoms with Crippen LogP contribution in [-0.2, 0) is 6.54 Å². The van der Waals surface area contributed by atoms with Gasteiger partial charge in [0.25, 0.3) is 5.91 Å². The highest BCUT2D eigenvalue weighted by Gasteiger charge is 2.34. The van der Waals surface area contributed by atoms with Crippen molar-refractivity contribution in [3.63, 3.8) is 0 Å². The van der Waals surface area contributed by atoms with E-state index in [4.69, 9.17) is 4.74 Å². The Hall–Kier alpha value is -3.29. The Morgan fingerprint density at radius 2 is 1.89 bits per heavy atom. The number of amides is 1. The summed E-state index contributed by atoms with van der Waals surface area (Å²) in [5.41, 5.74) is 3.01. The van der Waals surface area contributed by atoms with Crippen LogP contribution in [0.25, 0.3) is 11.1 Å². The summed E-state index contributed by atoms with van der Waals surface area (Å²) in [6.07, 6.45) is 1.43. The summed E-state index contributed by atoms with van der Waals surface area (Å²) in [4.78, 5) is 22.0. The fraction of sp³-hybridized carbons (Fsp3) is 0.357. The first-order chi connectivity index (χ1) is 16.9. The first-order valence-corrected chi connectivity index (χ1v) is 11.9. The largest absolute Gasteiger partial charge is 0.472 e. The second-order valence-corrected chi connectivity index (χ2v) is 9.39. The van der Waals surface area contributed by atoms with Crippen LogP contribution in [0.15, 0.2) is 66.9 Å². The second kappa shape index (κ2) is 11.0. The van der Waals surface area contributed by atoms with Gasteiger partial charge in [-0.3, -0.25) is 9.69 Å². The van der Waals surface area contributed by atoms with Crippen molar-refractivity contribution < 1.29 is 19.0 Å². The summed E-state index contributed by atoms with van der Waals surface area (Å²) in [6.45, 7) is 5.62. The van der Waals surface area contributed by atoms with Gasteiger partial charge in [-0.15, -0.1) is 0 Å². The summed E-state index contributed by atoms with van der Waals surface area (Å²) in [6, 6.07) is 17.7. The topological polar surface area (TPSA) is 65.9 Å². The number of rotatable bonds is 7. The normalized spacial score (nSPS) is 19.0. The van der Waals surface area contributed by atoms with Crippen molar-refractivity contribution >= 4 is 5.91 Å². The van der Waals surface area contributed by atoms with Crippen LogP contribution >= 0.6 is 0 Å². The minimum atomic E-state index is -0.354. The van der Waals surface area contributed by atoms with Crippen LogP contribution in [0.5, 0.6) is 5.88 Å². The van der Waals surface area contributed by atoms with Crippen molar-refractivity contribution in [2.75, 3.05) is 26.7 Å². The van der Waals surface area contributed by atoms with Crippen LogP contribution in [0.3, 0.4) is 0 Å². The van der Waals surface area contributed by atoms with E-state index in [0.717, 1.165) is 12.1 Å². The summed E-state index contributed by atoms with van der Waals surface area (Å²) in [5, 5.41) is 9.85. The Morgan fingerprint density at radius 3 is 2.57 bits per heavy atom. The van der Waals surface area contributed by atoms with E-state index in [9.17, 15) is 14.3 Å². The SMILES string of the molecule is C[C@H](CO)N1C[C@H](C)[C@H](CN(C)Cc2ccccc2)Oc2ncc(-c3ccc(F)cc3)cc2C1=O. The van der Waals surface area contributed by atoms with E-state index in [2.05, 4.69) is 28.9 Å². The average Bonchev–Trinajstić information content (AvgIpc) is 2.86. The standard InChI is InChI=1S/C28H32FN3O3/c1-19-15-32(20(2)18-33)28(34)25-13-23(22-9-11-24(29)12-10-22)14-30-27(25)35-26(19)17-31(3)16-21-7-5-4-6-8-21/h4-14,19-20,26,33H,15-18H2,1-3H3/t19-,20+,26-/m0/s1. The molecule has 4 rings (SSSR count). The number of nitrogens with zero attached hydrogens (tertiary/aromatic N) is 3. The number of halogens is 1. The second-order valence-electron chi connectivity index (χ2n) is 9.39. The zero-order chi connectivity index (χ0) is 24.9. The van der Waals surface area contributed by atoms with E-state index in [1.807, 2.05) is 32.2 Å². The molecule has 0 aliphatic carbocycles. The van der Waals surface area contributed by atoms with Crippen LogP contribution in [0.2, 0.25) is 0 Å². The highest BCUT2D eigenvalue weighted by atomic mass is 19.1. The van der Waals surface area contributed by atoms with Crippen LogP contribution < -0.4 is 4.74 Å². The molecule has 1 aliphatic heterocycles. The fourth-order valence-electron chi connectivity index (χ4n) is 4.39. The smallest absolute Gasteiger partial charge is 0.259 e. The van der Waals surface area contributed by atoms with E-state index >= 15 is 0 Å². The van der Waals surface area contributed by atoms with Crippen molar-refractivity contribution in [3.05, 3.63) is 83.8 Å². The predicted octanol–water partition coefficient (Wildman–Crippen LogP) is 4.24. The number of fused-ring (bicyclic) bond motifs is 1. The molecule has 1 N–H and O–H groups in total. The van der Waals surface area contributed by atoms with Crippen molar-refractivity contribution in [1.29, 1.82) is 0 Å². The number of ether oxygens (including phenoxy) is 1. The number of aromatic nitrogens is 1. The quantitative estimate of drug-likeness (QED) is 0.552. The molecule has 7 heteroatoms. The van der Waals surface area contributed by atoms with Crippen LogP contribution in [-0.4, -0.2) is 64.7 Å². The summed E-state index contributed by atoms with van der Waals surface area (Å²) in [5.74, 6) is -0.272. The first-order valence-electron chi connectivity index (χ1n) is 11.9. The third-order valence-corrected chi connectivity index (χ3v) is 6.49. The molecule has 2 heterocycles. The van der Waals surface area contributed by atoms with Gasteiger partial charge >= 0.3 is 0 Å². The lowest BCUT2D eigenvalue weighted by Gasteiger charge is -2.37. The molecule has 0 saturated carbocycles. The maximum atomic E-state index is 13.6. The summed E-state index contributed by atoms with van der Waals surface area (Å²) >= 11 is 0. The minimum Gasteiger partial charge on any atom is -0.472 e. The van der Waals surface area contributed by atoms with Crippen molar-refractivity contribution in [2.45, 2.75) is 32.5 Å². The Kier molecular flexibility index (Phi) is 7.78. The van der Waals surface area contributed by atoms with Gasteiger partial charge < -0.3 is 14.7 Å². The van der Waals surface area contributed by atoms with Gasteiger partial charge in [0.05, 0.1) is 12.6 Å². The predicted molar refractivity (Wildman–Crippen MR) is 134 cm³/mol. The highest BCUT2D eigenvalue weighted by molar-refractivity contribution is 5.98. The van der Waals surface area contributed by atoms with Gasteiger partial charge in [0.15, 0.2) is 0 Å². The number of hydrogen-bond donors (Lipinski definition) is 1. The molecule has 1 aliphatic rings. The van der Waals surface area contributed by atoms with Gasteiger partial charge in [0.1, 0.15) is 17.5 Å². The molecule has 1 amide bonds. The lowest BCUT2D eigenvalue weighted by atomic mass is 9.99. The van der Waals surface area contributed by atoms with Gasteiger partial charge in [-0.25, -0.2) is 9.37 Å². The molecular formula is C28H32FN3O3. The van der Waals surface area contributed by atoms with Crippen LogP contribution in [0.1, 0.15) is 29.8 Å². The van der Waals surface area contributed by atoms with Gasteiger partial charge in [-0.05, 0) is 43.3 Å². The number of carbonyl (C=O) groups is 1. The van der Waals surface area contributed by atoms with E-state index in [0.29, 0.717) is 24.2 Å². The van der Waals surface area contributed by atoms with Gasteiger partial charge in [0.2, 0.25) is 5.88 Å². The maximum absolute atomic E-state index is 13.6. The third kappa shape index (κ3) is 5.86. The molecular weight excluding hydrogens is 445 g/mol. The van der Waals surface area contributed by atoms with Gasteiger partial charge in [-0.1, -0.05) is 49.4 Å². The fourth-order valence-corrected chi connectivity index (χ4v) is 4.39. The number of hydrogen-bond acceptors (Lipinski definition) is 5. The number of aliphatic hydroxyl groups excluding tert-OH is 1. The molecule has 6 nitrogen and oxygen atoms in total. The maximum Gasteiger partial charge on any atom is 0.259 e. The molecule has 1 aromatic heterocycles. The molecule has 35 heavy (non-hydrogen) atoms. The number of likely N-dealkylation sites (N-methyl/N-ethyl adjacent to an activating group) is 1. The zero-order valence-electron chi connectivity index (χ0n) is 20.4. The summed E-state index contributed by atoms with van der Waals surface area (Å²) in [7, 11) is 2.05. The van der Waals surface area contributed by atoms with Gasteiger partial charge in [-0.2, -0.15) is 0 Å². The Morgan fingerprint density at radius 1 is 1.17 bits per heavy atom. The number of aliphatic hydroxyl groups is 1. The molecule has 3 atom stereocenters. The lowest BCUT2D eigenvalue weighted by Crippen LogP contribution is -2.49. The number of benzene rings is 2. The number of pyridine rings is 1. The van der Waals surface area contributed by atoms with Crippen molar-refractivity contribution in [2.24, 2.45) is 5.92 Å². The molecule has 0 radical (unpaired) electrons. The van der Waals surface area contributed by atoms with E-state index < -0.39 is 0 Å². The van der Waals surface area contributed by atoms with E-state index in [1.165, 1.54) is 17.7 Å². The zero-order valence-corrected chi connectivity index (χ0v) is 20.4. The monoisotopic (exact) mass is 477 g/mol. The van der Waals surface area contributed by atoms with Crippen LogP contribution in [0, 0.1) is 11.7 Å². The van der Waals surface area contributed by atoms with Gasteiger partial charge in [0, 0.05) is 37.3 Å². The number of carbonyl (C=O) groups excluding carboxylic acids is 1. The molecule has 0 spiro atoms. The molecule has 0 bridgehead atoms. The molecule has 0 fully saturated rings. The van der Waals surface area contributed by atoms with E-state index in [-0.39, 0.29) is 42.3 Å². The molecule has 3 aromatic rings. The highest BCUT2D eigenvalue weighted by Crippen LogP contribution is 2.30. The Bertz CT molecular complexity index is 1140. The molecule has 0 unspecified atom stereocenters. The van der Waals surface area contributed by atoms with E-state index in [1.54, 1.807) is 29.3 Å². The third-order valence-electron chi connectivity index (χ3n) is 6.49. The van der Waals surface area contributed by atoms with Crippen molar-refractivity contribution in [3.8, 4) is 17.0 Å². The van der Waals surface area contributed by atoms with Crippen LogP contribution in [0.4, 0.5) is 4.39 Å². The molecule has 0 saturated heterocycles. The molecule has 2 aromatic carbocycles.